The zero-order valence-corrected chi connectivity index (χ0v) is 12.3. The topological polar surface area (TPSA) is 52.7 Å². The number of anilines is 1. The molecule has 1 saturated heterocycles. The van der Waals surface area contributed by atoms with Crippen LogP contribution in [-0.4, -0.2) is 45.9 Å². The zero-order chi connectivity index (χ0) is 13.9. The van der Waals surface area contributed by atoms with Gasteiger partial charge in [-0.25, -0.2) is 0 Å². The van der Waals surface area contributed by atoms with Crippen LogP contribution >= 0.6 is 0 Å². The van der Waals surface area contributed by atoms with E-state index in [1.54, 1.807) is 7.05 Å². The molecule has 2 rings (SSSR count). The van der Waals surface area contributed by atoms with E-state index in [9.17, 15) is 8.42 Å². The van der Waals surface area contributed by atoms with E-state index in [1.165, 1.54) is 14.2 Å². The van der Waals surface area contributed by atoms with E-state index in [-0.39, 0.29) is 0 Å². The highest BCUT2D eigenvalue weighted by Crippen LogP contribution is 2.19. The fourth-order valence-electron chi connectivity index (χ4n) is 2.12. The van der Waals surface area contributed by atoms with Gasteiger partial charge in [0.05, 0.1) is 5.69 Å². The van der Waals surface area contributed by atoms with Crippen molar-refractivity contribution in [2.75, 3.05) is 37.5 Å². The molecular weight excluding hydrogens is 262 g/mol. The van der Waals surface area contributed by atoms with Crippen molar-refractivity contribution < 1.29 is 8.42 Å². The zero-order valence-electron chi connectivity index (χ0n) is 11.5. The maximum Gasteiger partial charge on any atom is 0.303 e. The van der Waals surface area contributed by atoms with E-state index in [4.69, 9.17) is 0 Å². The summed E-state index contributed by atoms with van der Waals surface area (Å²) in [6, 6.07) is 7.66. The first-order valence-corrected chi connectivity index (χ1v) is 7.99. The Hall–Kier alpha value is -1.11. The van der Waals surface area contributed by atoms with Crippen molar-refractivity contribution in [2.45, 2.75) is 13.3 Å². The Balaban J connectivity index is 2.18. The van der Waals surface area contributed by atoms with Crippen LogP contribution in [0.15, 0.2) is 24.3 Å². The Kier molecular flexibility index (Phi) is 4.44. The minimum absolute atomic E-state index is 0.527. The maximum atomic E-state index is 12.5. The lowest BCUT2D eigenvalue weighted by atomic mass is 10.1. The molecule has 0 aromatic heterocycles. The number of benzene rings is 1. The van der Waals surface area contributed by atoms with Crippen LogP contribution in [0.4, 0.5) is 5.69 Å². The summed E-state index contributed by atoms with van der Waals surface area (Å²) in [6.45, 7) is 4.55. The van der Waals surface area contributed by atoms with Crippen molar-refractivity contribution in [2.24, 2.45) is 0 Å². The van der Waals surface area contributed by atoms with Crippen molar-refractivity contribution >= 4 is 15.9 Å². The van der Waals surface area contributed by atoms with Crippen LogP contribution in [0.25, 0.3) is 0 Å². The van der Waals surface area contributed by atoms with Gasteiger partial charge in [0.15, 0.2) is 0 Å². The van der Waals surface area contributed by atoms with Gasteiger partial charge in [0.2, 0.25) is 0 Å². The van der Waals surface area contributed by atoms with Crippen LogP contribution in [0.2, 0.25) is 0 Å². The Morgan fingerprint density at radius 1 is 1.21 bits per heavy atom. The maximum absolute atomic E-state index is 12.5. The van der Waals surface area contributed by atoms with Gasteiger partial charge in [0.25, 0.3) is 0 Å². The molecule has 1 aromatic rings. The molecule has 106 valence electrons. The molecular formula is C13H21N3O2S. The molecule has 0 atom stereocenters. The van der Waals surface area contributed by atoms with E-state index in [0.717, 1.165) is 6.42 Å². The van der Waals surface area contributed by atoms with Gasteiger partial charge in [-0.1, -0.05) is 19.1 Å². The van der Waals surface area contributed by atoms with Crippen LogP contribution in [0.5, 0.6) is 0 Å². The van der Waals surface area contributed by atoms with Gasteiger partial charge in [-0.2, -0.15) is 12.7 Å². The van der Waals surface area contributed by atoms with Crippen molar-refractivity contribution in [1.29, 1.82) is 0 Å². The van der Waals surface area contributed by atoms with Crippen LogP contribution in [0.1, 0.15) is 12.5 Å². The predicted octanol–water partition coefficient (Wildman–Crippen LogP) is 0.835. The summed E-state index contributed by atoms with van der Waals surface area (Å²) in [7, 11) is -1.80. The molecule has 1 fully saturated rings. The highest BCUT2D eigenvalue weighted by Gasteiger charge is 2.28. The second-order valence-electron chi connectivity index (χ2n) is 4.64. The summed E-state index contributed by atoms with van der Waals surface area (Å²) < 4.78 is 27.8. The third-order valence-electron chi connectivity index (χ3n) is 3.46. The minimum Gasteiger partial charge on any atom is -0.314 e. The second-order valence-corrected chi connectivity index (χ2v) is 6.60. The van der Waals surface area contributed by atoms with E-state index in [0.29, 0.717) is 31.9 Å². The van der Waals surface area contributed by atoms with Crippen LogP contribution in [0, 0.1) is 0 Å². The van der Waals surface area contributed by atoms with Crippen LogP contribution < -0.4 is 9.62 Å². The Bertz CT molecular complexity index is 507. The van der Waals surface area contributed by atoms with Crippen molar-refractivity contribution in [3.8, 4) is 0 Å². The summed E-state index contributed by atoms with van der Waals surface area (Å²) >= 11 is 0. The molecule has 0 bridgehead atoms. The second kappa shape index (κ2) is 5.90. The van der Waals surface area contributed by atoms with E-state index in [1.807, 2.05) is 24.3 Å². The number of hydrogen-bond donors (Lipinski definition) is 1. The lowest BCUT2D eigenvalue weighted by molar-refractivity contribution is 0.359. The number of piperazine rings is 1. The first-order valence-electron chi connectivity index (χ1n) is 6.59. The molecule has 1 aromatic carbocycles. The van der Waals surface area contributed by atoms with Crippen molar-refractivity contribution in [3.05, 3.63) is 29.8 Å². The fraction of sp³-hybridized carbons (Fsp3) is 0.538. The molecule has 0 unspecified atom stereocenters. The third kappa shape index (κ3) is 3.08. The average molecular weight is 283 g/mol. The Labute approximate surface area is 115 Å². The molecule has 0 amide bonds. The molecule has 5 nitrogen and oxygen atoms in total. The first-order chi connectivity index (χ1) is 9.05. The third-order valence-corrected chi connectivity index (χ3v) is 5.38. The van der Waals surface area contributed by atoms with Gasteiger partial charge >= 0.3 is 10.2 Å². The quantitative estimate of drug-likeness (QED) is 0.891. The highest BCUT2D eigenvalue weighted by atomic mass is 32.2. The van der Waals surface area contributed by atoms with Gasteiger partial charge in [-0.15, -0.1) is 0 Å². The van der Waals surface area contributed by atoms with Gasteiger partial charge in [-0.05, 0) is 24.1 Å². The average Bonchev–Trinajstić information content (AvgIpc) is 2.47. The van der Waals surface area contributed by atoms with E-state index >= 15 is 0 Å². The number of nitrogens with zero attached hydrogens (tertiary/aromatic N) is 2. The van der Waals surface area contributed by atoms with Gasteiger partial charge in [-0.3, -0.25) is 4.31 Å². The van der Waals surface area contributed by atoms with Gasteiger partial charge in [0, 0.05) is 33.2 Å². The number of aryl methyl sites for hydroxylation is 1. The van der Waals surface area contributed by atoms with Crippen molar-refractivity contribution in [1.82, 2.24) is 9.62 Å². The summed E-state index contributed by atoms with van der Waals surface area (Å²) in [5, 5.41) is 3.16. The lowest BCUT2D eigenvalue weighted by Crippen LogP contribution is -2.51. The summed E-state index contributed by atoms with van der Waals surface area (Å²) in [5.74, 6) is 0. The summed E-state index contributed by atoms with van der Waals surface area (Å²) in [4.78, 5) is 0. The molecule has 0 aliphatic carbocycles. The van der Waals surface area contributed by atoms with Gasteiger partial charge in [0.1, 0.15) is 0 Å². The Morgan fingerprint density at radius 3 is 2.32 bits per heavy atom. The number of rotatable bonds is 4. The highest BCUT2D eigenvalue weighted by molar-refractivity contribution is 7.90. The first kappa shape index (κ1) is 14.3. The molecule has 1 N–H and O–H groups in total. The molecule has 1 aliphatic heterocycles. The predicted molar refractivity (Wildman–Crippen MR) is 77.6 cm³/mol. The van der Waals surface area contributed by atoms with E-state index in [2.05, 4.69) is 12.2 Å². The van der Waals surface area contributed by atoms with E-state index < -0.39 is 10.2 Å². The molecule has 19 heavy (non-hydrogen) atoms. The molecule has 0 saturated carbocycles. The largest absolute Gasteiger partial charge is 0.314 e. The molecule has 0 spiro atoms. The fourth-order valence-corrected chi connectivity index (χ4v) is 3.50. The number of hydrogen-bond acceptors (Lipinski definition) is 3. The van der Waals surface area contributed by atoms with Crippen LogP contribution in [-0.2, 0) is 16.6 Å². The SMILES string of the molecule is CCc1ccc(N(C)S(=O)(=O)N2CCNCC2)cc1. The van der Waals surface area contributed by atoms with Crippen molar-refractivity contribution in [3.63, 3.8) is 0 Å². The lowest BCUT2D eigenvalue weighted by Gasteiger charge is -2.31. The standard InChI is InChI=1S/C13H21N3O2S/c1-3-12-4-6-13(7-5-12)15(2)19(17,18)16-10-8-14-9-11-16/h4-7,14H,3,8-11H2,1-2H3. The monoisotopic (exact) mass is 283 g/mol. The minimum atomic E-state index is -3.41. The normalized spacial score (nSPS) is 17.4. The molecule has 1 aliphatic rings. The smallest absolute Gasteiger partial charge is 0.303 e. The molecule has 6 heteroatoms. The Morgan fingerprint density at radius 2 is 1.79 bits per heavy atom. The summed E-state index contributed by atoms with van der Waals surface area (Å²) in [6.07, 6.45) is 0.953. The molecule has 1 heterocycles. The number of nitrogens with one attached hydrogen (secondary N) is 1. The van der Waals surface area contributed by atoms with Gasteiger partial charge < -0.3 is 5.32 Å². The van der Waals surface area contributed by atoms with Crippen LogP contribution in [0.3, 0.4) is 0 Å². The summed E-state index contributed by atoms with van der Waals surface area (Å²) in [5.41, 5.74) is 1.91. The molecule has 0 radical (unpaired) electrons.